The average Bonchev–Trinajstić information content (AvgIpc) is 3.28. The fourth-order valence-corrected chi connectivity index (χ4v) is 3.45. The number of fused-ring (bicyclic) bond motifs is 1. The zero-order valence-electron chi connectivity index (χ0n) is 13.0. The van der Waals surface area contributed by atoms with Crippen molar-refractivity contribution in [1.82, 2.24) is 9.88 Å². The van der Waals surface area contributed by atoms with E-state index in [4.69, 9.17) is 5.11 Å². The van der Waals surface area contributed by atoms with E-state index in [1.165, 1.54) is 12.1 Å². The number of rotatable bonds is 3. The smallest absolute Gasteiger partial charge is 0.307 e. The highest BCUT2D eigenvalue weighted by molar-refractivity contribution is 5.94. The van der Waals surface area contributed by atoms with Crippen molar-refractivity contribution in [2.45, 2.75) is 12.8 Å². The Balaban J connectivity index is 1.50. The van der Waals surface area contributed by atoms with Crippen LogP contribution in [0.2, 0.25) is 0 Å². The predicted molar refractivity (Wildman–Crippen MR) is 86.7 cm³/mol. The number of hydrogen-bond donors (Lipinski definition) is 2. The van der Waals surface area contributed by atoms with E-state index in [0.717, 1.165) is 22.0 Å². The summed E-state index contributed by atoms with van der Waals surface area (Å²) in [6, 6.07) is 4.67. The Morgan fingerprint density at radius 1 is 1.29 bits per heavy atom. The van der Waals surface area contributed by atoms with Crippen molar-refractivity contribution < 1.29 is 19.1 Å². The summed E-state index contributed by atoms with van der Waals surface area (Å²) in [5.74, 6) is -2.08. The minimum atomic E-state index is -0.882. The van der Waals surface area contributed by atoms with Gasteiger partial charge in [0.2, 0.25) is 5.91 Å². The predicted octanol–water partition coefficient (Wildman–Crippen LogP) is 2.64. The van der Waals surface area contributed by atoms with Crippen LogP contribution in [0.5, 0.6) is 0 Å². The normalized spacial score (nSPS) is 23.2. The third-order valence-corrected chi connectivity index (χ3v) is 4.94. The second-order valence-electron chi connectivity index (χ2n) is 6.44. The molecule has 1 aliphatic carbocycles. The second-order valence-corrected chi connectivity index (χ2v) is 6.44. The molecule has 4 rings (SSSR count). The number of nitrogens with zero attached hydrogens (tertiary/aromatic N) is 1. The van der Waals surface area contributed by atoms with Crippen LogP contribution in [0.15, 0.2) is 30.5 Å². The quantitative estimate of drug-likeness (QED) is 0.910. The minimum Gasteiger partial charge on any atom is -0.481 e. The first-order chi connectivity index (χ1) is 11.5. The van der Waals surface area contributed by atoms with Crippen molar-refractivity contribution >= 4 is 28.4 Å². The number of aliphatic carboxylic acids is 1. The molecule has 1 aromatic heterocycles. The molecule has 1 amide bonds. The summed E-state index contributed by atoms with van der Waals surface area (Å²) in [4.78, 5) is 28.0. The average molecular weight is 328 g/mol. The number of benzene rings is 1. The highest BCUT2D eigenvalue weighted by Gasteiger charge is 2.49. The number of carboxylic acid groups (broad SMARTS) is 1. The van der Waals surface area contributed by atoms with E-state index in [1.54, 1.807) is 11.0 Å². The van der Waals surface area contributed by atoms with Crippen LogP contribution < -0.4 is 0 Å². The van der Waals surface area contributed by atoms with Crippen molar-refractivity contribution in [2.75, 3.05) is 13.1 Å². The molecule has 2 atom stereocenters. The molecule has 0 saturated heterocycles. The van der Waals surface area contributed by atoms with Gasteiger partial charge in [0.05, 0.1) is 11.8 Å². The SMILES string of the molecule is O=C(O)C1CC1C(=O)N1CC=C(c2c[nH]c3cc(F)ccc23)CC1. The molecule has 2 unspecified atom stereocenters. The van der Waals surface area contributed by atoms with Crippen molar-refractivity contribution in [1.29, 1.82) is 0 Å². The number of amides is 1. The van der Waals surface area contributed by atoms with E-state index in [-0.39, 0.29) is 17.6 Å². The number of aromatic amines is 1. The van der Waals surface area contributed by atoms with Crippen LogP contribution >= 0.6 is 0 Å². The molecule has 24 heavy (non-hydrogen) atoms. The number of carboxylic acids is 1. The van der Waals surface area contributed by atoms with Gasteiger partial charge in [0, 0.05) is 35.8 Å². The van der Waals surface area contributed by atoms with Gasteiger partial charge in [0.1, 0.15) is 5.82 Å². The lowest BCUT2D eigenvalue weighted by atomic mass is 9.98. The highest BCUT2D eigenvalue weighted by Crippen LogP contribution is 2.40. The molecule has 0 spiro atoms. The summed E-state index contributed by atoms with van der Waals surface area (Å²) in [6.45, 7) is 1.08. The maximum absolute atomic E-state index is 13.3. The molecule has 5 nitrogen and oxygen atoms in total. The van der Waals surface area contributed by atoms with Gasteiger partial charge in [-0.25, -0.2) is 4.39 Å². The molecular weight excluding hydrogens is 311 g/mol. The molecule has 1 aliphatic heterocycles. The molecule has 6 heteroatoms. The Kier molecular flexibility index (Phi) is 3.40. The van der Waals surface area contributed by atoms with Crippen LogP contribution in [-0.4, -0.2) is 40.0 Å². The Hall–Kier alpha value is -2.63. The Morgan fingerprint density at radius 2 is 2.12 bits per heavy atom. The fourth-order valence-electron chi connectivity index (χ4n) is 3.45. The first kappa shape index (κ1) is 14.9. The van der Waals surface area contributed by atoms with Crippen LogP contribution in [-0.2, 0) is 9.59 Å². The molecular formula is C18H17FN2O3. The molecule has 1 aromatic carbocycles. The fraction of sp³-hybridized carbons (Fsp3) is 0.333. The summed E-state index contributed by atoms with van der Waals surface area (Å²) in [5, 5.41) is 9.91. The number of nitrogens with one attached hydrogen (secondary N) is 1. The van der Waals surface area contributed by atoms with Crippen LogP contribution in [0.25, 0.3) is 16.5 Å². The van der Waals surface area contributed by atoms with Gasteiger partial charge in [0.25, 0.3) is 0 Å². The molecule has 1 saturated carbocycles. The van der Waals surface area contributed by atoms with Gasteiger partial charge in [-0.2, -0.15) is 0 Å². The van der Waals surface area contributed by atoms with Crippen molar-refractivity contribution in [3.05, 3.63) is 41.9 Å². The second kappa shape index (κ2) is 5.47. The van der Waals surface area contributed by atoms with E-state index in [9.17, 15) is 14.0 Å². The van der Waals surface area contributed by atoms with Crippen LogP contribution in [0.1, 0.15) is 18.4 Å². The number of aromatic nitrogens is 1. The lowest BCUT2D eigenvalue weighted by Crippen LogP contribution is -2.36. The molecule has 2 aromatic rings. The zero-order valence-corrected chi connectivity index (χ0v) is 13.0. The van der Waals surface area contributed by atoms with E-state index >= 15 is 0 Å². The number of H-pyrrole nitrogens is 1. The van der Waals surface area contributed by atoms with Crippen molar-refractivity contribution in [2.24, 2.45) is 11.8 Å². The van der Waals surface area contributed by atoms with E-state index < -0.39 is 11.9 Å². The summed E-state index contributed by atoms with van der Waals surface area (Å²) in [7, 11) is 0. The largest absolute Gasteiger partial charge is 0.481 e. The minimum absolute atomic E-state index is 0.0568. The Morgan fingerprint density at radius 3 is 2.79 bits per heavy atom. The number of hydrogen-bond acceptors (Lipinski definition) is 2. The molecule has 1 fully saturated rings. The first-order valence-electron chi connectivity index (χ1n) is 8.02. The summed E-state index contributed by atoms with van der Waals surface area (Å²) in [5.41, 5.74) is 2.92. The Bertz CT molecular complexity index is 870. The van der Waals surface area contributed by atoms with Gasteiger partial charge in [-0.1, -0.05) is 6.08 Å². The molecule has 0 bridgehead atoms. The van der Waals surface area contributed by atoms with Gasteiger partial charge >= 0.3 is 5.97 Å². The van der Waals surface area contributed by atoms with Gasteiger partial charge in [-0.3, -0.25) is 9.59 Å². The highest BCUT2D eigenvalue weighted by atomic mass is 19.1. The Labute approximate surface area is 137 Å². The number of halogens is 1. The molecule has 2 heterocycles. The summed E-state index contributed by atoms with van der Waals surface area (Å²) in [6.07, 6.45) is 5.04. The van der Waals surface area contributed by atoms with E-state index in [2.05, 4.69) is 4.98 Å². The molecule has 2 aliphatic rings. The number of carbonyl (C=O) groups excluding carboxylic acids is 1. The molecule has 0 radical (unpaired) electrons. The van der Waals surface area contributed by atoms with Gasteiger partial charge in [-0.15, -0.1) is 0 Å². The van der Waals surface area contributed by atoms with Crippen molar-refractivity contribution in [3.63, 3.8) is 0 Å². The van der Waals surface area contributed by atoms with Crippen molar-refractivity contribution in [3.8, 4) is 0 Å². The lowest BCUT2D eigenvalue weighted by molar-refractivity contribution is -0.141. The lowest BCUT2D eigenvalue weighted by Gasteiger charge is -2.26. The van der Waals surface area contributed by atoms with Gasteiger partial charge < -0.3 is 15.0 Å². The standard InChI is InChI=1S/C18H17FN2O3/c19-11-1-2-12-15(9-20-16(12)7-11)10-3-5-21(6-4-10)17(22)13-8-14(13)18(23)24/h1-3,7,9,13-14,20H,4-6,8H2,(H,23,24). The first-order valence-corrected chi connectivity index (χ1v) is 8.02. The van der Waals surface area contributed by atoms with Crippen LogP contribution in [0, 0.1) is 17.7 Å². The van der Waals surface area contributed by atoms with Gasteiger partial charge in [-0.05, 0) is 36.6 Å². The van der Waals surface area contributed by atoms with Crippen LogP contribution in [0.4, 0.5) is 4.39 Å². The molecule has 2 N–H and O–H groups in total. The molecule has 124 valence electrons. The van der Waals surface area contributed by atoms with E-state index in [0.29, 0.717) is 25.9 Å². The van der Waals surface area contributed by atoms with Crippen LogP contribution in [0.3, 0.4) is 0 Å². The summed E-state index contributed by atoms with van der Waals surface area (Å²) >= 11 is 0. The van der Waals surface area contributed by atoms with Gasteiger partial charge in [0.15, 0.2) is 0 Å². The summed E-state index contributed by atoms with van der Waals surface area (Å²) < 4.78 is 13.3. The number of carbonyl (C=O) groups is 2. The zero-order chi connectivity index (χ0) is 16.8. The van der Waals surface area contributed by atoms with E-state index in [1.807, 2.05) is 12.3 Å². The topological polar surface area (TPSA) is 73.4 Å². The third-order valence-electron chi connectivity index (χ3n) is 4.94. The maximum Gasteiger partial charge on any atom is 0.307 e. The third kappa shape index (κ3) is 2.48. The monoisotopic (exact) mass is 328 g/mol. The maximum atomic E-state index is 13.3.